The first kappa shape index (κ1) is 13.5. The number of benzene rings is 1. The molecule has 4 heteroatoms. The summed E-state index contributed by atoms with van der Waals surface area (Å²) in [5.41, 5.74) is 0.345. The summed E-state index contributed by atoms with van der Waals surface area (Å²) < 4.78 is 11.0. The van der Waals surface area contributed by atoms with Crippen LogP contribution in [0.4, 0.5) is 0 Å². The smallest absolute Gasteiger partial charge is 0.134 e. The van der Waals surface area contributed by atoms with Crippen LogP contribution in [0.2, 0.25) is 0 Å². The Morgan fingerprint density at radius 1 is 1.30 bits per heavy atom. The summed E-state index contributed by atoms with van der Waals surface area (Å²) in [4.78, 5) is 0. The van der Waals surface area contributed by atoms with E-state index in [4.69, 9.17) is 9.15 Å². The van der Waals surface area contributed by atoms with E-state index in [1.54, 1.807) is 7.11 Å². The Morgan fingerprint density at radius 2 is 2.10 bits per heavy atom. The first-order chi connectivity index (χ1) is 9.68. The van der Waals surface area contributed by atoms with Crippen LogP contribution in [-0.2, 0) is 6.54 Å². The van der Waals surface area contributed by atoms with Gasteiger partial charge in [-0.2, -0.15) is 0 Å². The number of hydrogen-bond acceptors (Lipinski definition) is 4. The maximum absolute atomic E-state index is 10.3. The van der Waals surface area contributed by atoms with Crippen molar-refractivity contribution >= 4 is 11.0 Å². The molecule has 0 spiro atoms. The Kier molecular flexibility index (Phi) is 3.68. The number of hydrogen-bond donors (Lipinski definition) is 2. The van der Waals surface area contributed by atoms with Gasteiger partial charge < -0.3 is 19.6 Å². The zero-order valence-electron chi connectivity index (χ0n) is 11.8. The minimum atomic E-state index is -0.519. The van der Waals surface area contributed by atoms with Crippen molar-refractivity contribution in [2.24, 2.45) is 0 Å². The first-order valence-corrected chi connectivity index (χ1v) is 7.18. The molecule has 3 rings (SSSR count). The van der Waals surface area contributed by atoms with E-state index in [0.717, 1.165) is 48.2 Å². The molecule has 4 nitrogen and oxygen atoms in total. The molecule has 0 aliphatic heterocycles. The van der Waals surface area contributed by atoms with Crippen LogP contribution in [0.3, 0.4) is 0 Å². The average Bonchev–Trinajstić information content (AvgIpc) is 3.04. The highest BCUT2D eigenvalue weighted by molar-refractivity contribution is 5.79. The topological polar surface area (TPSA) is 54.6 Å². The van der Waals surface area contributed by atoms with Crippen LogP contribution < -0.4 is 10.1 Å². The largest absolute Gasteiger partial charge is 0.497 e. The van der Waals surface area contributed by atoms with E-state index in [2.05, 4.69) is 5.32 Å². The molecule has 0 bridgehead atoms. The van der Waals surface area contributed by atoms with Crippen molar-refractivity contribution in [3.05, 3.63) is 30.0 Å². The van der Waals surface area contributed by atoms with Crippen molar-refractivity contribution in [1.82, 2.24) is 5.32 Å². The van der Waals surface area contributed by atoms with Gasteiger partial charge in [0.25, 0.3) is 0 Å². The SMILES string of the molecule is COc1ccc2oc(CNCC3(O)CCCC3)cc2c1. The van der Waals surface area contributed by atoms with E-state index >= 15 is 0 Å². The molecule has 0 radical (unpaired) electrons. The Bertz CT molecular complexity index is 584. The molecule has 0 amide bonds. The zero-order valence-corrected chi connectivity index (χ0v) is 11.8. The normalized spacial score (nSPS) is 17.7. The van der Waals surface area contributed by atoms with Crippen molar-refractivity contribution in [1.29, 1.82) is 0 Å². The minimum Gasteiger partial charge on any atom is -0.497 e. The fraction of sp³-hybridized carbons (Fsp3) is 0.500. The van der Waals surface area contributed by atoms with E-state index < -0.39 is 5.60 Å². The van der Waals surface area contributed by atoms with Gasteiger partial charge in [0.1, 0.15) is 17.1 Å². The predicted molar refractivity (Wildman–Crippen MR) is 77.9 cm³/mol. The monoisotopic (exact) mass is 275 g/mol. The van der Waals surface area contributed by atoms with E-state index in [1.807, 2.05) is 24.3 Å². The number of fused-ring (bicyclic) bond motifs is 1. The van der Waals surface area contributed by atoms with Gasteiger partial charge in [-0.1, -0.05) is 12.8 Å². The maximum atomic E-state index is 10.3. The molecule has 1 aliphatic carbocycles. The molecular formula is C16H21NO3. The molecule has 1 aliphatic rings. The zero-order chi connectivity index (χ0) is 14.0. The molecule has 0 unspecified atom stereocenters. The first-order valence-electron chi connectivity index (χ1n) is 7.18. The van der Waals surface area contributed by atoms with Crippen molar-refractivity contribution in [2.45, 2.75) is 37.8 Å². The molecular weight excluding hydrogens is 254 g/mol. The summed E-state index contributed by atoms with van der Waals surface area (Å²) in [6.07, 6.45) is 4.06. The van der Waals surface area contributed by atoms with Crippen molar-refractivity contribution in [3.8, 4) is 5.75 Å². The van der Waals surface area contributed by atoms with Crippen LogP contribution in [0.1, 0.15) is 31.4 Å². The van der Waals surface area contributed by atoms with Gasteiger partial charge in [0, 0.05) is 11.9 Å². The Hall–Kier alpha value is -1.52. The highest BCUT2D eigenvalue weighted by Gasteiger charge is 2.30. The summed E-state index contributed by atoms with van der Waals surface area (Å²) >= 11 is 0. The van der Waals surface area contributed by atoms with Gasteiger partial charge in [0.05, 0.1) is 19.3 Å². The van der Waals surface area contributed by atoms with Gasteiger partial charge in [0.15, 0.2) is 0 Å². The summed E-state index contributed by atoms with van der Waals surface area (Å²) in [5.74, 6) is 1.72. The predicted octanol–water partition coefficient (Wildman–Crippen LogP) is 2.84. The summed E-state index contributed by atoms with van der Waals surface area (Å²) in [5, 5.41) is 14.6. The van der Waals surface area contributed by atoms with Crippen LogP contribution in [-0.4, -0.2) is 24.4 Å². The third-order valence-electron chi connectivity index (χ3n) is 4.06. The molecule has 1 aromatic carbocycles. The van der Waals surface area contributed by atoms with E-state index in [-0.39, 0.29) is 0 Å². The fourth-order valence-electron chi connectivity index (χ4n) is 2.92. The van der Waals surface area contributed by atoms with Gasteiger partial charge in [0.2, 0.25) is 0 Å². The lowest BCUT2D eigenvalue weighted by atomic mass is 10.0. The molecule has 2 aromatic rings. The molecule has 1 aromatic heterocycles. The molecule has 0 atom stereocenters. The van der Waals surface area contributed by atoms with Gasteiger partial charge in [-0.25, -0.2) is 0 Å². The minimum absolute atomic E-state index is 0.519. The molecule has 1 saturated carbocycles. The fourth-order valence-corrected chi connectivity index (χ4v) is 2.92. The van der Waals surface area contributed by atoms with Gasteiger partial charge in [-0.3, -0.25) is 0 Å². The van der Waals surface area contributed by atoms with Crippen LogP contribution in [0.5, 0.6) is 5.75 Å². The summed E-state index contributed by atoms with van der Waals surface area (Å²) in [7, 11) is 1.66. The van der Waals surface area contributed by atoms with Crippen LogP contribution in [0, 0.1) is 0 Å². The van der Waals surface area contributed by atoms with Crippen molar-refractivity contribution in [2.75, 3.05) is 13.7 Å². The van der Waals surface area contributed by atoms with Gasteiger partial charge >= 0.3 is 0 Å². The molecule has 2 N–H and O–H groups in total. The molecule has 0 saturated heterocycles. The Morgan fingerprint density at radius 3 is 2.85 bits per heavy atom. The van der Waals surface area contributed by atoms with Crippen LogP contribution in [0.25, 0.3) is 11.0 Å². The number of aliphatic hydroxyl groups is 1. The highest BCUT2D eigenvalue weighted by Crippen LogP contribution is 2.29. The van der Waals surface area contributed by atoms with E-state index in [9.17, 15) is 5.11 Å². The summed E-state index contributed by atoms with van der Waals surface area (Å²) in [6.45, 7) is 1.27. The van der Waals surface area contributed by atoms with E-state index in [1.165, 1.54) is 0 Å². The third kappa shape index (κ3) is 2.81. The molecule has 1 heterocycles. The molecule has 20 heavy (non-hydrogen) atoms. The van der Waals surface area contributed by atoms with Gasteiger partial charge in [-0.05, 0) is 37.1 Å². The maximum Gasteiger partial charge on any atom is 0.134 e. The van der Waals surface area contributed by atoms with E-state index in [0.29, 0.717) is 13.1 Å². The van der Waals surface area contributed by atoms with Gasteiger partial charge in [-0.15, -0.1) is 0 Å². The number of nitrogens with one attached hydrogen (secondary N) is 1. The Balaban J connectivity index is 1.62. The van der Waals surface area contributed by atoms with Crippen LogP contribution >= 0.6 is 0 Å². The lowest BCUT2D eigenvalue weighted by Gasteiger charge is -2.21. The lowest BCUT2D eigenvalue weighted by Crippen LogP contribution is -2.37. The highest BCUT2D eigenvalue weighted by atomic mass is 16.5. The molecule has 108 valence electrons. The average molecular weight is 275 g/mol. The lowest BCUT2D eigenvalue weighted by molar-refractivity contribution is 0.0471. The standard InChI is InChI=1S/C16H21NO3/c1-19-13-4-5-15-12(8-13)9-14(20-15)10-17-11-16(18)6-2-3-7-16/h4-5,8-9,17-18H,2-3,6-7,10-11H2,1H3. The number of methoxy groups -OCH3 is 1. The van der Waals surface area contributed by atoms with Crippen molar-refractivity contribution < 1.29 is 14.3 Å². The second-order valence-corrected chi connectivity index (χ2v) is 5.65. The molecule has 1 fully saturated rings. The third-order valence-corrected chi connectivity index (χ3v) is 4.06. The van der Waals surface area contributed by atoms with Crippen LogP contribution in [0.15, 0.2) is 28.7 Å². The number of furan rings is 1. The summed E-state index contributed by atoms with van der Waals surface area (Å²) in [6, 6.07) is 7.79. The number of ether oxygens (including phenoxy) is 1. The quantitative estimate of drug-likeness (QED) is 0.881. The second-order valence-electron chi connectivity index (χ2n) is 5.65. The second kappa shape index (κ2) is 5.46. The number of rotatable bonds is 5. The Labute approximate surface area is 118 Å². The van der Waals surface area contributed by atoms with Crippen molar-refractivity contribution in [3.63, 3.8) is 0 Å².